The predicted molar refractivity (Wildman–Crippen MR) is 131 cm³/mol. The number of para-hydroxylation sites is 1. The average Bonchev–Trinajstić information content (AvgIpc) is 3.26. The van der Waals surface area contributed by atoms with Crippen molar-refractivity contribution in [2.75, 3.05) is 25.4 Å². The van der Waals surface area contributed by atoms with E-state index in [9.17, 15) is 5.11 Å². The largest absolute Gasteiger partial charge is 0.457 e. The number of hydrogen-bond donors (Lipinski definition) is 3. The molecule has 0 spiro atoms. The Morgan fingerprint density at radius 3 is 2.59 bits per heavy atom. The normalized spacial score (nSPS) is 17.6. The van der Waals surface area contributed by atoms with Crippen LogP contribution >= 0.6 is 0 Å². The average molecular weight is 460 g/mol. The molecule has 176 valence electrons. The number of nitrogens with zero attached hydrogens (tertiary/aromatic N) is 5. The van der Waals surface area contributed by atoms with Crippen LogP contribution in [-0.2, 0) is 0 Å². The number of fused-ring (bicyclic) bond motifs is 1. The molecular formula is C25H29N7O2. The Bertz CT molecular complexity index is 1240. The molecule has 1 unspecified atom stereocenters. The van der Waals surface area contributed by atoms with Crippen molar-refractivity contribution in [1.29, 1.82) is 0 Å². The fraction of sp³-hybridized carbons (Fsp3) is 0.320. The van der Waals surface area contributed by atoms with Gasteiger partial charge < -0.3 is 21.3 Å². The minimum Gasteiger partial charge on any atom is -0.457 e. The number of benzene rings is 2. The summed E-state index contributed by atoms with van der Waals surface area (Å²) in [4.78, 5) is 10.8. The number of nitrogen functional groups attached to an aromatic ring is 1. The van der Waals surface area contributed by atoms with Crippen molar-refractivity contribution in [1.82, 2.24) is 24.6 Å². The van der Waals surface area contributed by atoms with Crippen molar-refractivity contribution >= 4 is 16.9 Å². The molecule has 34 heavy (non-hydrogen) atoms. The molecule has 0 aliphatic carbocycles. The third-order valence-electron chi connectivity index (χ3n) is 6.24. The van der Waals surface area contributed by atoms with Gasteiger partial charge in [-0.3, -0.25) is 4.90 Å². The number of likely N-dealkylation sites (tertiary alicyclic amines) is 1. The van der Waals surface area contributed by atoms with E-state index in [1.54, 1.807) is 0 Å². The second kappa shape index (κ2) is 9.76. The summed E-state index contributed by atoms with van der Waals surface area (Å²) in [6.45, 7) is 1.96. The Morgan fingerprint density at radius 1 is 1.06 bits per heavy atom. The lowest BCUT2D eigenvalue weighted by Gasteiger charge is -2.35. The first-order valence-electron chi connectivity index (χ1n) is 11.6. The molecule has 1 aliphatic heterocycles. The molecule has 1 fully saturated rings. The van der Waals surface area contributed by atoms with E-state index in [1.807, 2.05) is 59.3 Å². The van der Waals surface area contributed by atoms with Crippen molar-refractivity contribution in [3.05, 3.63) is 60.9 Å². The van der Waals surface area contributed by atoms with Crippen LogP contribution in [0.25, 0.3) is 22.3 Å². The molecule has 0 saturated carbocycles. The van der Waals surface area contributed by atoms with E-state index in [-0.39, 0.29) is 6.04 Å². The van der Waals surface area contributed by atoms with Crippen LogP contribution in [0, 0.1) is 0 Å². The Morgan fingerprint density at radius 2 is 1.82 bits per heavy atom. The molecule has 1 aliphatic rings. The summed E-state index contributed by atoms with van der Waals surface area (Å²) in [6.07, 6.45) is 3.36. The van der Waals surface area contributed by atoms with Gasteiger partial charge in [0, 0.05) is 18.7 Å². The van der Waals surface area contributed by atoms with E-state index < -0.39 is 6.23 Å². The third kappa shape index (κ3) is 4.45. The fourth-order valence-corrected chi connectivity index (χ4v) is 4.54. The van der Waals surface area contributed by atoms with Crippen LogP contribution in [0.3, 0.4) is 0 Å². The van der Waals surface area contributed by atoms with Gasteiger partial charge in [0.1, 0.15) is 35.6 Å². The first-order chi connectivity index (χ1) is 16.6. The lowest BCUT2D eigenvalue weighted by molar-refractivity contribution is -0.0239. The quantitative estimate of drug-likeness (QED) is 0.384. The number of rotatable bonds is 7. The highest BCUT2D eigenvalue weighted by Gasteiger charge is 2.29. The third-order valence-corrected chi connectivity index (χ3v) is 6.24. The molecule has 0 bridgehead atoms. The zero-order valence-corrected chi connectivity index (χ0v) is 18.9. The molecule has 2 aromatic carbocycles. The lowest BCUT2D eigenvalue weighted by atomic mass is 10.1. The van der Waals surface area contributed by atoms with Gasteiger partial charge in [0.2, 0.25) is 0 Å². The molecule has 0 amide bonds. The van der Waals surface area contributed by atoms with Crippen LogP contribution < -0.4 is 16.2 Å². The van der Waals surface area contributed by atoms with E-state index in [0.29, 0.717) is 31.0 Å². The first kappa shape index (κ1) is 22.3. The van der Waals surface area contributed by atoms with Gasteiger partial charge in [-0.25, -0.2) is 14.6 Å². The van der Waals surface area contributed by atoms with Gasteiger partial charge in [-0.15, -0.1) is 0 Å². The van der Waals surface area contributed by atoms with Crippen molar-refractivity contribution < 1.29 is 9.84 Å². The molecule has 5 rings (SSSR count). The topological polar surface area (TPSA) is 128 Å². The smallest absolute Gasteiger partial charge is 0.164 e. The second-order valence-corrected chi connectivity index (χ2v) is 8.54. The van der Waals surface area contributed by atoms with E-state index in [2.05, 4.69) is 14.9 Å². The van der Waals surface area contributed by atoms with Crippen LogP contribution in [0.5, 0.6) is 11.5 Å². The Hall–Kier alpha value is -3.53. The summed E-state index contributed by atoms with van der Waals surface area (Å²) in [5, 5.41) is 16.2. The zero-order chi connectivity index (χ0) is 23.5. The van der Waals surface area contributed by atoms with E-state index in [1.165, 1.54) is 6.33 Å². The highest BCUT2D eigenvalue weighted by molar-refractivity contribution is 5.98. The maximum absolute atomic E-state index is 10.5. The van der Waals surface area contributed by atoms with E-state index in [4.69, 9.17) is 21.3 Å². The summed E-state index contributed by atoms with van der Waals surface area (Å²) in [5.74, 6) is 1.91. The monoisotopic (exact) mass is 459 g/mol. The van der Waals surface area contributed by atoms with Crippen LogP contribution in [0.4, 0.5) is 5.82 Å². The van der Waals surface area contributed by atoms with Crippen LogP contribution in [0.1, 0.15) is 25.3 Å². The van der Waals surface area contributed by atoms with E-state index >= 15 is 0 Å². The van der Waals surface area contributed by atoms with Crippen molar-refractivity contribution in [3.63, 3.8) is 0 Å². The van der Waals surface area contributed by atoms with Gasteiger partial charge in [0.05, 0.1) is 11.4 Å². The number of anilines is 1. The number of nitrogens with two attached hydrogens (primary N) is 2. The summed E-state index contributed by atoms with van der Waals surface area (Å²) in [5.41, 5.74) is 14.3. The number of aromatic nitrogens is 4. The summed E-state index contributed by atoms with van der Waals surface area (Å²) >= 11 is 0. The van der Waals surface area contributed by atoms with Crippen LogP contribution in [0.15, 0.2) is 60.9 Å². The molecule has 1 saturated heterocycles. The molecule has 2 aromatic heterocycles. The van der Waals surface area contributed by atoms with Crippen molar-refractivity contribution in [2.24, 2.45) is 5.73 Å². The molecule has 5 N–H and O–H groups in total. The molecule has 4 aromatic rings. The Balaban J connectivity index is 1.47. The highest BCUT2D eigenvalue weighted by atomic mass is 16.5. The summed E-state index contributed by atoms with van der Waals surface area (Å²) in [7, 11) is 0. The van der Waals surface area contributed by atoms with Crippen LogP contribution in [0.2, 0.25) is 0 Å². The van der Waals surface area contributed by atoms with Crippen LogP contribution in [-0.4, -0.2) is 55.6 Å². The second-order valence-electron chi connectivity index (χ2n) is 8.54. The van der Waals surface area contributed by atoms with Gasteiger partial charge >= 0.3 is 0 Å². The molecule has 3 heterocycles. The lowest BCUT2D eigenvalue weighted by Crippen LogP contribution is -2.44. The molecule has 0 radical (unpaired) electrons. The molecule has 9 nitrogen and oxygen atoms in total. The van der Waals surface area contributed by atoms with Crippen molar-refractivity contribution in [2.45, 2.75) is 31.5 Å². The minimum absolute atomic E-state index is 0.0624. The van der Waals surface area contributed by atoms with Crippen molar-refractivity contribution in [3.8, 4) is 22.8 Å². The number of aliphatic hydroxyl groups is 1. The Labute approximate surface area is 198 Å². The fourth-order valence-electron chi connectivity index (χ4n) is 4.54. The van der Waals surface area contributed by atoms with Gasteiger partial charge in [0.25, 0.3) is 0 Å². The maximum Gasteiger partial charge on any atom is 0.164 e. The maximum atomic E-state index is 10.5. The van der Waals surface area contributed by atoms with Gasteiger partial charge in [-0.05, 0) is 62.2 Å². The number of piperidine rings is 1. The first-order valence-corrected chi connectivity index (χ1v) is 11.6. The zero-order valence-electron chi connectivity index (χ0n) is 18.9. The van der Waals surface area contributed by atoms with Gasteiger partial charge in [-0.1, -0.05) is 18.2 Å². The van der Waals surface area contributed by atoms with Gasteiger partial charge in [0.15, 0.2) is 5.65 Å². The number of aliphatic hydroxyl groups excluding tert-OH is 1. The number of ether oxygens (including phenoxy) is 1. The molecule has 9 heteroatoms. The molecular weight excluding hydrogens is 430 g/mol. The van der Waals surface area contributed by atoms with E-state index in [0.717, 1.165) is 47.5 Å². The standard InChI is InChI=1S/C25H29N7O2/c26-13-12-21(33)31-14-4-5-18(15-31)32-25-22(24(27)28-16-29-25)23(30-32)17-8-10-20(11-9-17)34-19-6-2-1-3-7-19/h1-3,6-11,16,18,21,33H,4-5,12-15,26H2,(H2,27,28,29)/t18-,21?/m1/s1. The summed E-state index contributed by atoms with van der Waals surface area (Å²) in [6, 6.07) is 17.5. The number of hydrogen-bond acceptors (Lipinski definition) is 8. The van der Waals surface area contributed by atoms with Gasteiger partial charge in [-0.2, -0.15) is 5.10 Å². The highest BCUT2D eigenvalue weighted by Crippen LogP contribution is 2.35. The molecule has 2 atom stereocenters. The SMILES string of the molecule is NCCC(O)N1CCC[C@@H](n2nc(-c3ccc(Oc4ccccc4)cc3)c3c(N)ncnc32)C1. The summed E-state index contributed by atoms with van der Waals surface area (Å²) < 4.78 is 7.86. The Kier molecular flexibility index (Phi) is 6.39. The minimum atomic E-state index is -0.550. The predicted octanol–water partition coefficient (Wildman–Crippen LogP) is 3.17.